The summed E-state index contributed by atoms with van der Waals surface area (Å²) in [6.07, 6.45) is 2.33. The zero-order valence-corrected chi connectivity index (χ0v) is 16.0. The van der Waals surface area contributed by atoms with E-state index in [4.69, 9.17) is 20.8 Å². The predicted octanol–water partition coefficient (Wildman–Crippen LogP) is 5.23. The first kappa shape index (κ1) is 19.5. The lowest BCUT2D eigenvalue weighted by atomic mass is 10.2. The van der Waals surface area contributed by atoms with Gasteiger partial charge in [0, 0.05) is 11.3 Å². The van der Waals surface area contributed by atoms with Gasteiger partial charge in [0.2, 0.25) is 0 Å². The average molecular weight is 399 g/mol. The standard InChI is InChI=1S/C21H19ClN2O4/c1-2-11-27-16-8-5-14(6-9-16)20(25)23-15-7-10-18(17(22)13-15)24-21(26)19-4-3-12-28-19/h3-10,12-13H,2,11H2,1H3,(H,23,25)(H,24,26). The Morgan fingerprint density at radius 2 is 1.82 bits per heavy atom. The summed E-state index contributed by atoms with van der Waals surface area (Å²) in [4.78, 5) is 24.4. The summed E-state index contributed by atoms with van der Waals surface area (Å²) in [5, 5.41) is 5.72. The molecule has 0 fully saturated rings. The van der Waals surface area contributed by atoms with Gasteiger partial charge >= 0.3 is 0 Å². The Hall–Kier alpha value is -3.25. The summed E-state index contributed by atoms with van der Waals surface area (Å²) in [5.41, 5.74) is 1.42. The van der Waals surface area contributed by atoms with Gasteiger partial charge < -0.3 is 19.8 Å². The first-order chi connectivity index (χ1) is 13.6. The Bertz CT molecular complexity index is 953. The summed E-state index contributed by atoms with van der Waals surface area (Å²) in [5.74, 6) is 0.220. The van der Waals surface area contributed by atoms with Crippen LogP contribution in [0.3, 0.4) is 0 Å². The lowest BCUT2D eigenvalue weighted by Crippen LogP contribution is -2.13. The summed E-state index contributed by atoms with van der Waals surface area (Å²) >= 11 is 6.22. The van der Waals surface area contributed by atoms with Crippen molar-refractivity contribution in [2.45, 2.75) is 13.3 Å². The van der Waals surface area contributed by atoms with E-state index in [0.29, 0.717) is 28.6 Å². The molecule has 0 atom stereocenters. The highest BCUT2D eigenvalue weighted by molar-refractivity contribution is 6.34. The van der Waals surface area contributed by atoms with Crippen molar-refractivity contribution in [2.75, 3.05) is 17.2 Å². The van der Waals surface area contributed by atoms with Crippen LogP contribution in [0.4, 0.5) is 11.4 Å². The van der Waals surface area contributed by atoms with Crippen molar-refractivity contribution in [3.05, 3.63) is 77.2 Å². The number of hydrogen-bond donors (Lipinski definition) is 2. The van der Waals surface area contributed by atoms with Crippen LogP contribution in [0.25, 0.3) is 0 Å². The van der Waals surface area contributed by atoms with Crippen LogP contribution in [0.2, 0.25) is 5.02 Å². The Labute approximate surface area is 167 Å². The van der Waals surface area contributed by atoms with Crippen LogP contribution in [0, 0.1) is 0 Å². The Morgan fingerprint density at radius 3 is 2.46 bits per heavy atom. The largest absolute Gasteiger partial charge is 0.494 e. The number of amides is 2. The zero-order chi connectivity index (χ0) is 19.9. The molecule has 2 N–H and O–H groups in total. The molecule has 0 aliphatic carbocycles. The Morgan fingerprint density at radius 1 is 1.04 bits per heavy atom. The summed E-state index contributed by atoms with van der Waals surface area (Å²) < 4.78 is 10.5. The molecule has 0 spiro atoms. The maximum atomic E-state index is 12.4. The van der Waals surface area contributed by atoms with Gasteiger partial charge in [0.05, 0.1) is 23.6 Å². The second-order valence-electron chi connectivity index (χ2n) is 5.95. The maximum absolute atomic E-state index is 12.4. The molecule has 1 aromatic heterocycles. The van der Waals surface area contributed by atoms with Crippen LogP contribution in [0.1, 0.15) is 34.3 Å². The van der Waals surface area contributed by atoms with E-state index in [9.17, 15) is 9.59 Å². The maximum Gasteiger partial charge on any atom is 0.291 e. The highest BCUT2D eigenvalue weighted by Crippen LogP contribution is 2.26. The van der Waals surface area contributed by atoms with Crippen molar-refractivity contribution in [3.63, 3.8) is 0 Å². The molecule has 0 saturated heterocycles. The summed E-state index contributed by atoms with van der Waals surface area (Å²) in [7, 11) is 0. The van der Waals surface area contributed by atoms with Crippen LogP contribution in [0.15, 0.2) is 65.3 Å². The molecule has 2 aromatic carbocycles. The number of benzene rings is 2. The second kappa shape index (κ2) is 9.10. The van der Waals surface area contributed by atoms with E-state index in [0.717, 1.165) is 12.2 Å². The fourth-order valence-corrected chi connectivity index (χ4v) is 2.64. The monoisotopic (exact) mass is 398 g/mol. The van der Waals surface area contributed by atoms with E-state index in [1.165, 1.54) is 6.26 Å². The third-order valence-corrected chi connectivity index (χ3v) is 4.12. The molecule has 0 radical (unpaired) electrons. The van der Waals surface area contributed by atoms with Crippen LogP contribution < -0.4 is 15.4 Å². The first-order valence-electron chi connectivity index (χ1n) is 8.75. The minimum Gasteiger partial charge on any atom is -0.494 e. The molecule has 6 nitrogen and oxygen atoms in total. The molecule has 0 unspecified atom stereocenters. The molecule has 7 heteroatoms. The topological polar surface area (TPSA) is 80.6 Å². The fourth-order valence-electron chi connectivity index (χ4n) is 2.41. The summed E-state index contributed by atoms with van der Waals surface area (Å²) in [6, 6.07) is 14.9. The van der Waals surface area contributed by atoms with Gasteiger partial charge in [0.15, 0.2) is 5.76 Å². The normalized spacial score (nSPS) is 10.4. The van der Waals surface area contributed by atoms with E-state index in [-0.39, 0.29) is 11.7 Å². The number of hydrogen-bond acceptors (Lipinski definition) is 4. The van der Waals surface area contributed by atoms with Crippen molar-refractivity contribution in [1.82, 2.24) is 0 Å². The van der Waals surface area contributed by atoms with Gasteiger partial charge in [-0.2, -0.15) is 0 Å². The third kappa shape index (κ3) is 4.92. The molecule has 0 bridgehead atoms. The molecular weight excluding hydrogens is 380 g/mol. The SMILES string of the molecule is CCCOc1ccc(C(=O)Nc2ccc(NC(=O)c3ccco3)c(Cl)c2)cc1. The van der Waals surface area contributed by atoms with Crippen molar-refractivity contribution >= 4 is 34.8 Å². The molecule has 1 heterocycles. The molecule has 3 aromatic rings. The van der Waals surface area contributed by atoms with E-state index in [2.05, 4.69) is 10.6 Å². The van der Waals surface area contributed by atoms with E-state index in [1.54, 1.807) is 54.6 Å². The Kier molecular flexibility index (Phi) is 6.34. The van der Waals surface area contributed by atoms with E-state index < -0.39 is 5.91 Å². The number of furan rings is 1. The fraction of sp³-hybridized carbons (Fsp3) is 0.143. The summed E-state index contributed by atoms with van der Waals surface area (Å²) in [6.45, 7) is 2.66. The quantitative estimate of drug-likeness (QED) is 0.571. The van der Waals surface area contributed by atoms with Gasteiger partial charge in [-0.3, -0.25) is 9.59 Å². The van der Waals surface area contributed by atoms with Gasteiger partial charge in [0.1, 0.15) is 5.75 Å². The number of halogens is 1. The van der Waals surface area contributed by atoms with Gasteiger partial charge in [-0.1, -0.05) is 18.5 Å². The van der Waals surface area contributed by atoms with Gasteiger partial charge in [-0.25, -0.2) is 0 Å². The number of ether oxygens (including phenoxy) is 1. The number of rotatable bonds is 7. The van der Waals surface area contributed by atoms with Crippen molar-refractivity contribution in [2.24, 2.45) is 0 Å². The molecule has 0 aliphatic rings. The third-order valence-electron chi connectivity index (χ3n) is 3.81. The number of carbonyl (C=O) groups excluding carboxylic acids is 2. The Balaban J connectivity index is 1.63. The number of nitrogens with one attached hydrogen (secondary N) is 2. The molecule has 3 rings (SSSR count). The van der Waals surface area contributed by atoms with Crippen molar-refractivity contribution in [1.29, 1.82) is 0 Å². The van der Waals surface area contributed by atoms with Crippen LogP contribution in [-0.2, 0) is 0 Å². The molecule has 28 heavy (non-hydrogen) atoms. The number of anilines is 2. The van der Waals surface area contributed by atoms with E-state index >= 15 is 0 Å². The zero-order valence-electron chi connectivity index (χ0n) is 15.2. The van der Waals surface area contributed by atoms with Crippen molar-refractivity contribution < 1.29 is 18.7 Å². The predicted molar refractivity (Wildman–Crippen MR) is 108 cm³/mol. The molecule has 0 saturated carbocycles. The van der Waals surface area contributed by atoms with Crippen LogP contribution in [-0.4, -0.2) is 18.4 Å². The minimum atomic E-state index is -0.408. The highest BCUT2D eigenvalue weighted by Gasteiger charge is 2.12. The number of carbonyl (C=O) groups is 2. The van der Waals surface area contributed by atoms with E-state index in [1.807, 2.05) is 6.92 Å². The smallest absolute Gasteiger partial charge is 0.291 e. The molecule has 0 aliphatic heterocycles. The molecule has 2 amide bonds. The van der Waals surface area contributed by atoms with Gasteiger partial charge in [-0.15, -0.1) is 0 Å². The molecule has 144 valence electrons. The van der Waals surface area contributed by atoms with Crippen LogP contribution >= 0.6 is 11.6 Å². The van der Waals surface area contributed by atoms with Gasteiger partial charge in [0.25, 0.3) is 11.8 Å². The first-order valence-corrected chi connectivity index (χ1v) is 9.13. The lowest BCUT2D eigenvalue weighted by Gasteiger charge is -2.10. The van der Waals surface area contributed by atoms with Crippen LogP contribution in [0.5, 0.6) is 5.75 Å². The van der Waals surface area contributed by atoms with Crippen molar-refractivity contribution in [3.8, 4) is 5.75 Å². The highest BCUT2D eigenvalue weighted by atomic mass is 35.5. The minimum absolute atomic E-state index is 0.180. The lowest BCUT2D eigenvalue weighted by molar-refractivity contribution is 0.0994. The van der Waals surface area contributed by atoms with Gasteiger partial charge in [-0.05, 0) is 61.0 Å². The average Bonchev–Trinajstić information content (AvgIpc) is 3.24. The molecular formula is C21H19ClN2O4. The second-order valence-corrected chi connectivity index (χ2v) is 6.36.